The smallest absolute Gasteiger partial charge is 0.263 e. The SMILES string of the molecule is FC(F)(F)c1ccc(-c2nc(Cl)nnc2-c2ccncc2Cl)cc1. The molecule has 0 fully saturated rings. The molecule has 4 nitrogen and oxygen atoms in total. The van der Waals surface area contributed by atoms with Gasteiger partial charge in [-0.05, 0) is 29.8 Å². The highest BCUT2D eigenvalue weighted by Gasteiger charge is 2.30. The van der Waals surface area contributed by atoms with E-state index in [1.165, 1.54) is 24.5 Å². The topological polar surface area (TPSA) is 51.6 Å². The maximum Gasteiger partial charge on any atom is 0.416 e. The minimum Gasteiger partial charge on any atom is -0.263 e. The summed E-state index contributed by atoms with van der Waals surface area (Å²) in [5.74, 6) is 0. The first-order valence-electron chi connectivity index (χ1n) is 6.54. The Labute approximate surface area is 144 Å². The molecule has 122 valence electrons. The molecule has 0 bridgehead atoms. The predicted octanol–water partition coefficient (Wildman–Crippen LogP) is 4.93. The van der Waals surface area contributed by atoms with E-state index >= 15 is 0 Å². The number of rotatable bonds is 2. The third kappa shape index (κ3) is 3.32. The van der Waals surface area contributed by atoms with E-state index in [4.69, 9.17) is 23.2 Å². The lowest BCUT2D eigenvalue weighted by Crippen LogP contribution is -2.04. The van der Waals surface area contributed by atoms with Crippen LogP contribution in [0.3, 0.4) is 0 Å². The first kappa shape index (κ1) is 16.6. The van der Waals surface area contributed by atoms with Gasteiger partial charge in [0.1, 0.15) is 11.4 Å². The van der Waals surface area contributed by atoms with E-state index in [9.17, 15) is 13.2 Å². The molecule has 24 heavy (non-hydrogen) atoms. The molecule has 3 aromatic rings. The number of benzene rings is 1. The maximum atomic E-state index is 12.7. The van der Waals surface area contributed by atoms with Gasteiger partial charge in [-0.1, -0.05) is 23.7 Å². The lowest BCUT2D eigenvalue weighted by molar-refractivity contribution is -0.137. The minimum atomic E-state index is -4.42. The zero-order valence-electron chi connectivity index (χ0n) is 11.7. The fourth-order valence-electron chi connectivity index (χ4n) is 2.07. The molecule has 9 heteroatoms. The van der Waals surface area contributed by atoms with Gasteiger partial charge >= 0.3 is 6.18 Å². The standard InChI is InChI=1S/C15H7Cl2F3N4/c16-11-7-21-6-5-10(11)13-12(22-14(17)24-23-13)8-1-3-9(4-2-8)15(18,19)20/h1-7H. The average Bonchev–Trinajstić information content (AvgIpc) is 2.55. The van der Waals surface area contributed by atoms with Crippen molar-refractivity contribution in [3.05, 3.63) is 58.6 Å². The molecule has 0 saturated heterocycles. The molecule has 0 amide bonds. The van der Waals surface area contributed by atoms with Gasteiger partial charge in [0, 0.05) is 23.5 Å². The molecular formula is C15H7Cl2F3N4. The molecule has 0 atom stereocenters. The third-order valence-corrected chi connectivity index (χ3v) is 3.64. The summed E-state index contributed by atoms with van der Waals surface area (Å²) in [6.07, 6.45) is -1.49. The fraction of sp³-hybridized carbons (Fsp3) is 0.0667. The second kappa shape index (κ2) is 6.33. The van der Waals surface area contributed by atoms with E-state index in [2.05, 4.69) is 20.2 Å². The third-order valence-electron chi connectivity index (χ3n) is 3.17. The second-order valence-electron chi connectivity index (χ2n) is 4.71. The van der Waals surface area contributed by atoms with Crippen LogP contribution in [-0.2, 0) is 6.18 Å². The number of hydrogen-bond acceptors (Lipinski definition) is 4. The lowest BCUT2D eigenvalue weighted by atomic mass is 10.0. The van der Waals surface area contributed by atoms with Crippen LogP contribution < -0.4 is 0 Å². The van der Waals surface area contributed by atoms with Crippen LogP contribution in [0.4, 0.5) is 13.2 Å². The normalized spacial score (nSPS) is 11.5. The Morgan fingerprint density at radius 3 is 2.21 bits per heavy atom. The summed E-state index contributed by atoms with van der Waals surface area (Å²) in [6, 6.07) is 6.12. The summed E-state index contributed by atoms with van der Waals surface area (Å²) >= 11 is 11.9. The number of pyridine rings is 1. The summed E-state index contributed by atoms with van der Waals surface area (Å²) in [5.41, 5.74) is 0.715. The number of nitrogens with zero attached hydrogens (tertiary/aromatic N) is 4. The number of hydrogen-bond donors (Lipinski definition) is 0. The van der Waals surface area contributed by atoms with Crippen LogP contribution in [0.2, 0.25) is 10.3 Å². The quantitative estimate of drug-likeness (QED) is 0.641. The molecule has 2 aromatic heterocycles. The molecule has 0 unspecified atom stereocenters. The van der Waals surface area contributed by atoms with Gasteiger partial charge in [-0.2, -0.15) is 13.2 Å². The van der Waals surface area contributed by atoms with Crippen LogP contribution in [0.5, 0.6) is 0 Å². The van der Waals surface area contributed by atoms with Crippen molar-refractivity contribution in [2.45, 2.75) is 6.18 Å². The van der Waals surface area contributed by atoms with Gasteiger partial charge in [-0.15, -0.1) is 10.2 Å². The van der Waals surface area contributed by atoms with Crippen molar-refractivity contribution in [1.29, 1.82) is 0 Å². The highest BCUT2D eigenvalue weighted by Crippen LogP contribution is 2.35. The first-order chi connectivity index (χ1) is 11.4. The zero-order chi connectivity index (χ0) is 17.3. The van der Waals surface area contributed by atoms with Gasteiger partial charge in [-0.25, -0.2) is 4.98 Å². The predicted molar refractivity (Wildman–Crippen MR) is 83.5 cm³/mol. The van der Waals surface area contributed by atoms with E-state index in [0.717, 1.165) is 12.1 Å². The van der Waals surface area contributed by atoms with Crippen molar-refractivity contribution in [3.63, 3.8) is 0 Å². The molecule has 0 saturated carbocycles. The molecule has 3 rings (SSSR count). The Hall–Kier alpha value is -2.25. The summed E-state index contributed by atoms with van der Waals surface area (Å²) in [7, 11) is 0. The van der Waals surface area contributed by atoms with E-state index in [1.807, 2.05) is 0 Å². The molecular weight excluding hydrogens is 364 g/mol. The zero-order valence-corrected chi connectivity index (χ0v) is 13.2. The summed E-state index contributed by atoms with van der Waals surface area (Å²) in [6.45, 7) is 0. The van der Waals surface area contributed by atoms with Gasteiger partial charge in [-0.3, -0.25) is 4.98 Å². The minimum absolute atomic E-state index is 0.126. The van der Waals surface area contributed by atoms with E-state index in [1.54, 1.807) is 6.07 Å². The summed E-state index contributed by atoms with van der Waals surface area (Å²) in [4.78, 5) is 7.96. The maximum absolute atomic E-state index is 12.7. The highest BCUT2D eigenvalue weighted by molar-refractivity contribution is 6.33. The number of halogens is 5. The van der Waals surface area contributed by atoms with Crippen molar-refractivity contribution in [2.24, 2.45) is 0 Å². The van der Waals surface area contributed by atoms with Crippen LogP contribution >= 0.6 is 23.2 Å². The molecule has 0 radical (unpaired) electrons. The molecule has 0 aliphatic rings. The first-order valence-corrected chi connectivity index (χ1v) is 7.29. The lowest BCUT2D eigenvalue weighted by Gasteiger charge is -2.10. The van der Waals surface area contributed by atoms with Crippen molar-refractivity contribution in [2.75, 3.05) is 0 Å². The molecule has 0 aliphatic heterocycles. The van der Waals surface area contributed by atoms with Crippen LogP contribution in [0.1, 0.15) is 5.56 Å². The van der Waals surface area contributed by atoms with E-state index in [-0.39, 0.29) is 11.0 Å². The van der Waals surface area contributed by atoms with Gasteiger partial charge in [0.2, 0.25) is 5.28 Å². The number of aromatic nitrogens is 4. The molecule has 0 spiro atoms. The van der Waals surface area contributed by atoms with Crippen molar-refractivity contribution in [3.8, 4) is 22.5 Å². The highest BCUT2D eigenvalue weighted by atomic mass is 35.5. The van der Waals surface area contributed by atoms with Crippen LogP contribution in [0.15, 0.2) is 42.7 Å². The summed E-state index contributed by atoms with van der Waals surface area (Å²) < 4.78 is 38.1. The molecule has 1 aromatic carbocycles. The van der Waals surface area contributed by atoms with Gasteiger partial charge in [0.05, 0.1) is 10.6 Å². The fourth-order valence-corrected chi connectivity index (χ4v) is 2.40. The van der Waals surface area contributed by atoms with Crippen molar-refractivity contribution < 1.29 is 13.2 Å². The van der Waals surface area contributed by atoms with Gasteiger partial charge in [0.25, 0.3) is 0 Å². The van der Waals surface area contributed by atoms with Gasteiger partial charge < -0.3 is 0 Å². The molecule has 0 aliphatic carbocycles. The number of alkyl halides is 3. The van der Waals surface area contributed by atoms with Crippen molar-refractivity contribution >= 4 is 23.2 Å². The van der Waals surface area contributed by atoms with E-state index in [0.29, 0.717) is 21.8 Å². The monoisotopic (exact) mass is 370 g/mol. The molecule has 2 heterocycles. The Kier molecular flexibility index (Phi) is 4.38. The Balaban J connectivity index is 2.14. The van der Waals surface area contributed by atoms with Crippen LogP contribution in [-0.4, -0.2) is 20.2 Å². The summed E-state index contributed by atoms with van der Waals surface area (Å²) in [5, 5.41) is 7.85. The second-order valence-corrected chi connectivity index (χ2v) is 5.45. The van der Waals surface area contributed by atoms with Crippen LogP contribution in [0, 0.1) is 0 Å². The Morgan fingerprint density at radius 1 is 0.875 bits per heavy atom. The average molecular weight is 371 g/mol. The Morgan fingerprint density at radius 2 is 1.58 bits per heavy atom. The van der Waals surface area contributed by atoms with E-state index < -0.39 is 11.7 Å². The van der Waals surface area contributed by atoms with Gasteiger partial charge in [0.15, 0.2) is 0 Å². The van der Waals surface area contributed by atoms with Crippen molar-refractivity contribution in [1.82, 2.24) is 20.2 Å². The largest absolute Gasteiger partial charge is 0.416 e. The van der Waals surface area contributed by atoms with Crippen LogP contribution in [0.25, 0.3) is 22.5 Å². The Bertz CT molecular complexity index is 883. The molecule has 0 N–H and O–H groups in total.